The molecule has 1 aromatic heterocycles. The van der Waals surface area contributed by atoms with Crippen LogP contribution in [0.15, 0.2) is 18.3 Å². The van der Waals surface area contributed by atoms with E-state index in [0.717, 1.165) is 22.2 Å². The predicted octanol–water partition coefficient (Wildman–Crippen LogP) is 3.00. The van der Waals surface area contributed by atoms with Gasteiger partial charge in [-0.1, -0.05) is 0 Å². The van der Waals surface area contributed by atoms with Crippen LogP contribution in [-0.4, -0.2) is 40.7 Å². The van der Waals surface area contributed by atoms with Crippen molar-refractivity contribution in [1.29, 1.82) is 0 Å². The van der Waals surface area contributed by atoms with Crippen molar-refractivity contribution in [3.8, 4) is 0 Å². The Bertz CT molecular complexity index is 511. The molecule has 1 aliphatic heterocycles. The van der Waals surface area contributed by atoms with E-state index in [1.165, 1.54) is 0 Å². The van der Waals surface area contributed by atoms with Gasteiger partial charge in [-0.05, 0) is 68.3 Å². The van der Waals surface area contributed by atoms with Crippen molar-refractivity contribution in [2.75, 3.05) is 18.5 Å². The highest BCUT2D eigenvalue weighted by molar-refractivity contribution is 14.1. The molecule has 1 aliphatic rings. The summed E-state index contributed by atoms with van der Waals surface area (Å²) in [5, 5.41) is 0. The zero-order valence-corrected chi connectivity index (χ0v) is 15.4. The number of carbonyl (C=O) groups excluding carboxylic acids is 1. The number of amides is 1. The van der Waals surface area contributed by atoms with E-state index in [0.29, 0.717) is 19.1 Å². The fourth-order valence-electron chi connectivity index (χ4n) is 2.18. The normalized spacial score (nSPS) is 16.5. The Labute approximate surface area is 145 Å². The van der Waals surface area contributed by atoms with Crippen molar-refractivity contribution in [1.82, 2.24) is 15.3 Å². The molecule has 2 rings (SSSR count). The first kappa shape index (κ1) is 17.3. The van der Waals surface area contributed by atoms with E-state index < -0.39 is 5.60 Å². The summed E-state index contributed by atoms with van der Waals surface area (Å²) >= 11 is 2.25. The van der Waals surface area contributed by atoms with E-state index in [9.17, 15) is 4.79 Å². The number of hydrogen-bond donors (Lipinski definition) is 2. The molecule has 122 valence electrons. The number of nitrogens with one attached hydrogen (secondary N) is 2. The third kappa shape index (κ3) is 5.60. The van der Waals surface area contributed by atoms with Crippen LogP contribution in [0.25, 0.3) is 0 Å². The number of piperidine rings is 1. The quantitative estimate of drug-likeness (QED) is 0.584. The van der Waals surface area contributed by atoms with Gasteiger partial charge in [-0.15, -0.1) is 0 Å². The average Bonchev–Trinajstić information content (AvgIpc) is 2.44. The number of nitrogens with zero attached hydrogens (tertiary/aromatic N) is 2. The van der Waals surface area contributed by atoms with Gasteiger partial charge in [-0.3, -0.25) is 0 Å². The van der Waals surface area contributed by atoms with Crippen LogP contribution in [-0.2, 0) is 4.74 Å². The molecule has 0 aromatic carbocycles. The van der Waals surface area contributed by atoms with Crippen LogP contribution in [0.3, 0.4) is 0 Å². The molecule has 0 aliphatic carbocycles. The first-order valence-electron chi connectivity index (χ1n) is 7.44. The van der Waals surface area contributed by atoms with E-state index in [2.05, 4.69) is 38.4 Å². The highest BCUT2D eigenvalue weighted by atomic mass is 127. The molecule has 0 bridgehead atoms. The minimum absolute atomic E-state index is 0.224. The molecule has 6 nitrogen and oxygen atoms in total. The van der Waals surface area contributed by atoms with Crippen molar-refractivity contribution in [2.24, 2.45) is 0 Å². The van der Waals surface area contributed by atoms with Crippen LogP contribution in [0.5, 0.6) is 0 Å². The minimum Gasteiger partial charge on any atom is -0.444 e. The van der Waals surface area contributed by atoms with Gasteiger partial charge in [0.1, 0.15) is 11.4 Å². The number of carbonyl (C=O) groups is 1. The van der Waals surface area contributed by atoms with E-state index in [1.807, 2.05) is 32.9 Å². The van der Waals surface area contributed by atoms with E-state index in [1.54, 1.807) is 11.1 Å². The lowest BCUT2D eigenvalue weighted by atomic mass is 10.1. The zero-order chi connectivity index (χ0) is 16.2. The van der Waals surface area contributed by atoms with Crippen molar-refractivity contribution >= 4 is 34.5 Å². The topological polar surface area (TPSA) is 66.5 Å². The monoisotopic (exact) mass is 418 g/mol. The molecule has 1 amide bonds. The van der Waals surface area contributed by atoms with Gasteiger partial charge in [-0.2, -0.15) is 0 Å². The largest absolute Gasteiger partial charge is 0.444 e. The summed E-state index contributed by atoms with van der Waals surface area (Å²) in [7, 11) is 0. The van der Waals surface area contributed by atoms with Crippen LogP contribution in [0.4, 0.5) is 10.6 Å². The molecule has 2 heterocycles. The second-order valence-electron chi connectivity index (χ2n) is 6.37. The Morgan fingerprint density at radius 1 is 1.41 bits per heavy atom. The molecule has 0 radical (unpaired) electrons. The van der Waals surface area contributed by atoms with E-state index >= 15 is 0 Å². The number of halogens is 1. The smallest absolute Gasteiger partial charge is 0.410 e. The number of hydrazine groups is 1. The van der Waals surface area contributed by atoms with Crippen LogP contribution < -0.4 is 10.9 Å². The van der Waals surface area contributed by atoms with Crippen LogP contribution in [0.2, 0.25) is 0 Å². The number of anilines is 1. The number of aromatic nitrogens is 1. The second-order valence-corrected chi connectivity index (χ2v) is 7.62. The number of rotatable bonds is 3. The third-order valence-corrected chi connectivity index (χ3v) is 3.94. The minimum atomic E-state index is -0.441. The van der Waals surface area contributed by atoms with Crippen molar-refractivity contribution in [3.05, 3.63) is 21.9 Å². The van der Waals surface area contributed by atoms with Crippen molar-refractivity contribution < 1.29 is 9.53 Å². The zero-order valence-electron chi connectivity index (χ0n) is 13.2. The highest BCUT2D eigenvalue weighted by Crippen LogP contribution is 2.16. The maximum atomic E-state index is 12.0. The molecule has 0 unspecified atom stereocenters. The molecular weight excluding hydrogens is 395 g/mol. The van der Waals surface area contributed by atoms with Gasteiger partial charge in [0.2, 0.25) is 0 Å². The van der Waals surface area contributed by atoms with Crippen molar-refractivity contribution in [2.45, 2.75) is 45.3 Å². The van der Waals surface area contributed by atoms with E-state index in [-0.39, 0.29) is 6.09 Å². The first-order chi connectivity index (χ1) is 10.3. The maximum absolute atomic E-state index is 12.0. The number of pyridine rings is 1. The summed E-state index contributed by atoms with van der Waals surface area (Å²) in [6.07, 6.45) is 3.32. The number of ether oxygens (including phenoxy) is 1. The van der Waals surface area contributed by atoms with Crippen LogP contribution in [0, 0.1) is 3.57 Å². The molecule has 0 atom stereocenters. The summed E-state index contributed by atoms with van der Waals surface area (Å²) < 4.78 is 6.53. The Morgan fingerprint density at radius 3 is 2.68 bits per heavy atom. The summed E-state index contributed by atoms with van der Waals surface area (Å²) in [5.74, 6) is 0.807. The lowest BCUT2D eigenvalue weighted by Gasteiger charge is -2.33. The van der Waals surface area contributed by atoms with E-state index in [4.69, 9.17) is 4.74 Å². The Kier molecular flexibility index (Phi) is 5.85. The average molecular weight is 418 g/mol. The summed E-state index contributed by atoms with van der Waals surface area (Å²) in [4.78, 5) is 18.0. The Morgan fingerprint density at radius 2 is 2.09 bits per heavy atom. The molecule has 7 heteroatoms. The van der Waals surface area contributed by atoms with Gasteiger partial charge in [-0.25, -0.2) is 15.2 Å². The van der Waals surface area contributed by atoms with Gasteiger partial charge < -0.3 is 15.1 Å². The van der Waals surface area contributed by atoms with Crippen molar-refractivity contribution in [3.63, 3.8) is 0 Å². The molecule has 0 saturated carbocycles. The predicted molar refractivity (Wildman–Crippen MR) is 94.5 cm³/mol. The number of hydrogen-bond acceptors (Lipinski definition) is 5. The highest BCUT2D eigenvalue weighted by Gasteiger charge is 2.26. The molecular formula is C15H23IN4O2. The second kappa shape index (κ2) is 7.45. The van der Waals surface area contributed by atoms with Gasteiger partial charge in [0.05, 0.1) is 0 Å². The van der Waals surface area contributed by atoms with Gasteiger partial charge >= 0.3 is 6.09 Å². The molecule has 1 aromatic rings. The Balaban J connectivity index is 1.74. The molecule has 1 saturated heterocycles. The lowest BCUT2D eigenvalue weighted by molar-refractivity contribution is 0.0200. The number of likely N-dealkylation sites (tertiary alicyclic amines) is 1. The maximum Gasteiger partial charge on any atom is 0.410 e. The van der Waals surface area contributed by atoms with Crippen LogP contribution in [0.1, 0.15) is 33.6 Å². The summed E-state index contributed by atoms with van der Waals surface area (Å²) in [6, 6.07) is 4.24. The first-order valence-corrected chi connectivity index (χ1v) is 8.52. The lowest BCUT2D eigenvalue weighted by Crippen LogP contribution is -2.47. The van der Waals surface area contributed by atoms with Gasteiger partial charge in [0.15, 0.2) is 0 Å². The summed E-state index contributed by atoms with van der Waals surface area (Å²) in [5.41, 5.74) is 5.97. The molecule has 22 heavy (non-hydrogen) atoms. The molecule has 1 fully saturated rings. The molecule has 2 N–H and O–H groups in total. The fraction of sp³-hybridized carbons (Fsp3) is 0.600. The summed E-state index contributed by atoms with van der Waals surface area (Å²) in [6.45, 7) is 7.06. The van der Waals surface area contributed by atoms with Gasteiger partial charge in [0.25, 0.3) is 0 Å². The van der Waals surface area contributed by atoms with Gasteiger partial charge in [0, 0.05) is 28.9 Å². The fourth-order valence-corrected chi connectivity index (χ4v) is 2.64. The Hall–Kier alpha value is -1.09. The third-order valence-electron chi connectivity index (χ3n) is 3.27. The molecule has 0 spiro atoms. The SMILES string of the molecule is CC(C)(C)OC(=O)N1CCC(NNc2cc(I)ccn2)CC1. The van der Waals surface area contributed by atoms with Crippen LogP contribution >= 0.6 is 22.6 Å². The standard InChI is InChI=1S/C15H23IN4O2/c1-15(2,3)22-14(21)20-8-5-12(6-9-20)18-19-13-10-11(16)4-7-17-13/h4,7,10,12,18H,5-6,8-9H2,1-3H3,(H,17,19).